The highest BCUT2D eigenvalue weighted by Crippen LogP contribution is 2.32. The number of pyridine rings is 1. The second-order valence-electron chi connectivity index (χ2n) is 8.33. The van der Waals surface area contributed by atoms with Crippen LogP contribution >= 0.6 is 11.6 Å². The Morgan fingerprint density at radius 3 is 2.47 bits per heavy atom. The van der Waals surface area contributed by atoms with Gasteiger partial charge in [0.05, 0.1) is 28.9 Å². The van der Waals surface area contributed by atoms with E-state index in [-0.39, 0.29) is 16.2 Å². The molecule has 0 saturated carbocycles. The lowest BCUT2D eigenvalue weighted by Crippen LogP contribution is -2.18. The minimum absolute atomic E-state index is 0.128. The van der Waals surface area contributed by atoms with Gasteiger partial charge in [0.1, 0.15) is 17.8 Å². The van der Waals surface area contributed by atoms with Crippen molar-refractivity contribution in [3.8, 4) is 22.6 Å². The molecule has 0 bridgehead atoms. The van der Waals surface area contributed by atoms with E-state index in [0.717, 1.165) is 16.7 Å². The predicted molar refractivity (Wildman–Crippen MR) is 139 cm³/mol. The van der Waals surface area contributed by atoms with Gasteiger partial charge in [0, 0.05) is 22.5 Å². The zero-order chi connectivity index (χ0) is 25.4. The molecule has 0 unspecified atom stereocenters. The summed E-state index contributed by atoms with van der Waals surface area (Å²) in [5.41, 5.74) is 3.97. The number of ether oxygens (including phenoxy) is 1. The van der Waals surface area contributed by atoms with Gasteiger partial charge in [-0.3, -0.25) is 9.36 Å². The number of hydrogen-bond acceptors (Lipinski definition) is 6. The van der Waals surface area contributed by atoms with E-state index in [1.54, 1.807) is 25.3 Å². The molecule has 0 saturated heterocycles. The molecule has 0 fully saturated rings. The summed E-state index contributed by atoms with van der Waals surface area (Å²) < 4.78 is 37.7. The van der Waals surface area contributed by atoms with Crippen molar-refractivity contribution in [3.63, 3.8) is 0 Å². The summed E-state index contributed by atoms with van der Waals surface area (Å²) in [5, 5.41) is 4.97. The number of methoxy groups -OCH3 is 1. The average Bonchev–Trinajstić information content (AvgIpc) is 3.37. The third-order valence-corrected chi connectivity index (χ3v) is 8.04. The maximum Gasteiger partial charge on any atom is 0.255 e. The monoisotopic (exact) mass is 520 g/mol. The first-order valence-electron chi connectivity index (χ1n) is 11.0. The highest BCUT2D eigenvalue weighted by molar-refractivity contribution is 7.90. The smallest absolute Gasteiger partial charge is 0.255 e. The molecule has 0 N–H and O–H groups in total. The van der Waals surface area contributed by atoms with Crippen molar-refractivity contribution in [3.05, 3.63) is 106 Å². The molecule has 5 aromatic rings. The fourth-order valence-electron chi connectivity index (χ4n) is 4.12. The van der Waals surface area contributed by atoms with Gasteiger partial charge in [-0.05, 0) is 72.1 Å². The normalized spacial score (nSPS) is 11.6. The van der Waals surface area contributed by atoms with Gasteiger partial charge in [-0.15, -0.1) is 0 Å². The first-order valence-corrected chi connectivity index (χ1v) is 13.0. The van der Waals surface area contributed by atoms with Gasteiger partial charge >= 0.3 is 0 Å². The standard InChI is InChI=1S/C27H21ClN2O5S/c1-17-13-18(3-7-23(17)28)19-4-8-25(26(15-19)34-2)30-24-9-6-22(14-20(24)5-10-27(30)31)36(32,33)16-21-11-12-35-29-21/h3-15H,16H2,1-2H3. The summed E-state index contributed by atoms with van der Waals surface area (Å²) in [4.78, 5) is 13.1. The molecule has 0 aliphatic carbocycles. The molecule has 2 aromatic heterocycles. The summed E-state index contributed by atoms with van der Waals surface area (Å²) in [7, 11) is -2.12. The third-order valence-electron chi connectivity index (χ3n) is 5.97. The molecule has 3 aromatic carbocycles. The lowest BCUT2D eigenvalue weighted by molar-refractivity contribution is 0.413. The van der Waals surface area contributed by atoms with E-state index in [4.69, 9.17) is 20.9 Å². The minimum atomic E-state index is -3.66. The molecule has 7 nitrogen and oxygen atoms in total. The number of hydrogen-bond donors (Lipinski definition) is 0. The van der Waals surface area contributed by atoms with Crippen molar-refractivity contribution in [2.45, 2.75) is 17.6 Å². The second kappa shape index (κ2) is 9.29. The number of benzene rings is 3. The molecule has 36 heavy (non-hydrogen) atoms. The van der Waals surface area contributed by atoms with Gasteiger partial charge in [-0.2, -0.15) is 0 Å². The number of aryl methyl sites for hydroxylation is 1. The predicted octanol–water partition coefficient (Wildman–Crippen LogP) is 5.59. The Bertz CT molecular complexity index is 1760. The number of sulfone groups is 1. The van der Waals surface area contributed by atoms with Gasteiger partial charge in [-0.1, -0.05) is 28.9 Å². The fourth-order valence-corrected chi connectivity index (χ4v) is 5.53. The number of nitrogens with zero attached hydrogens (tertiary/aromatic N) is 2. The van der Waals surface area contributed by atoms with Crippen LogP contribution < -0.4 is 10.3 Å². The molecule has 0 radical (unpaired) electrons. The highest BCUT2D eigenvalue weighted by atomic mass is 35.5. The van der Waals surface area contributed by atoms with Crippen LogP contribution in [0.25, 0.3) is 27.7 Å². The van der Waals surface area contributed by atoms with E-state index in [1.807, 2.05) is 43.3 Å². The van der Waals surface area contributed by atoms with Crippen LogP contribution in [0, 0.1) is 6.92 Å². The van der Waals surface area contributed by atoms with Crippen LogP contribution in [0.4, 0.5) is 0 Å². The van der Waals surface area contributed by atoms with Crippen LogP contribution in [-0.4, -0.2) is 25.3 Å². The van der Waals surface area contributed by atoms with Crippen LogP contribution in [0.5, 0.6) is 5.75 Å². The quantitative estimate of drug-likeness (QED) is 0.290. The summed E-state index contributed by atoms with van der Waals surface area (Å²) in [5.74, 6) is 0.214. The Morgan fingerprint density at radius 1 is 0.972 bits per heavy atom. The van der Waals surface area contributed by atoms with Crippen LogP contribution in [0.1, 0.15) is 11.3 Å². The lowest BCUT2D eigenvalue weighted by Gasteiger charge is -2.16. The Balaban J connectivity index is 1.61. The van der Waals surface area contributed by atoms with Gasteiger partial charge in [0.25, 0.3) is 5.56 Å². The molecule has 0 amide bonds. The van der Waals surface area contributed by atoms with Crippen molar-refractivity contribution in [2.24, 2.45) is 0 Å². The lowest BCUT2D eigenvalue weighted by atomic mass is 10.0. The minimum Gasteiger partial charge on any atom is -0.495 e. The second-order valence-corrected chi connectivity index (χ2v) is 10.7. The van der Waals surface area contributed by atoms with Crippen molar-refractivity contribution >= 4 is 32.3 Å². The maximum atomic E-state index is 13.0. The topological polar surface area (TPSA) is 91.4 Å². The van der Waals surface area contributed by atoms with E-state index in [2.05, 4.69) is 5.16 Å². The fraction of sp³-hybridized carbons (Fsp3) is 0.111. The molecular weight excluding hydrogens is 500 g/mol. The Labute approximate surface area is 212 Å². The molecule has 0 aliphatic heterocycles. The van der Waals surface area contributed by atoms with Crippen LogP contribution in [0.3, 0.4) is 0 Å². The van der Waals surface area contributed by atoms with Crippen LogP contribution in [-0.2, 0) is 15.6 Å². The number of fused-ring (bicyclic) bond motifs is 1. The Morgan fingerprint density at radius 2 is 1.75 bits per heavy atom. The van der Waals surface area contributed by atoms with Crippen molar-refractivity contribution in [1.82, 2.24) is 9.72 Å². The first-order chi connectivity index (χ1) is 17.3. The summed E-state index contributed by atoms with van der Waals surface area (Å²) in [6, 6.07) is 20.5. The molecule has 0 atom stereocenters. The summed E-state index contributed by atoms with van der Waals surface area (Å²) in [6.07, 6.45) is 1.33. The zero-order valence-electron chi connectivity index (χ0n) is 19.4. The van der Waals surface area contributed by atoms with E-state index in [1.165, 1.54) is 29.0 Å². The van der Waals surface area contributed by atoms with Gasteiger partial charge in [-0.25, -0.2) is 8.42 Å². The number of halogens is 1. The summed E-state index contributed by atoms with van der Waals surface area (Å²) in [6.45, 7) is 1.94. The van der Waals surface area contributed by atoms with E-state index < -0.39 is 9.84 Å². The molecule has 5 rings (SSSR count). The Hall–Kier alpha value is -3.88. The number of rotatable bonds is 6. The Kier molecular flexibility index (Phi) is 6.15. The van der Waals surface area contributed by atoms with Gasteiger partial charge in [0.15, 0.2) is 9.84 Å². The molecule has 0 spiro atoms. The highest BCUT2D eigenvalue weighted by Gasteiger charge is 2.19. The van der Waals surface area contributed by atoms with Crippen molar-refractivity contribution < 1.29 is 17.7 Å². The van der Waals surface area contributed by atoms with E-state index in [9.17, 15) is 13.2 Å². The van der Waals surface area contributed by atoms with Gasteiger partial charge < -0.3 is 9.26 Å². The molecule has 9 heteroatoms. The average molecular weight is 521 g/mol. The van der Waals surface area contributed by atoms with Crippen molar-refractivity contribution in [1.29, 1.82) is 0 Å². The SMILES string of the molecule is COc1cc(-c2ccc(Cl)c(C)c2)ccc1-n1c(=O)ccc2cc(S(=O)(=O)Cc3ccon3)ccc21. The van der Waals surface area contributed by atoms with Crippen molar-refractivity contribution in [2.75, 3.05) is 7.11 Å². The van der Waals surface area contributed by atoms with Crippen LogP contribution in [0.15, 0.2) is 93.3 Å². The molecule has 0 aliphatic rings. The maximum absolute atomic E-state index is 13.0. The largest absolute Gasteiger partial charge is 0.495 e. The summed E-state index contributed by atoms with van der Waals surface area (Å²) >= 11 is 6.17. The zero-order valence-corrected chi connectivity index (χ0v) is 21.0. The van der Waals surface area contributed by atoms with Gasteiger partial charge in [0.2, 0.25) is 0 Å². The molecule has 2 heterocycles. The number of aromatic nitrogens is 2. The van der Waals surface area contributed by atoms with Crippen LogP contribution in [0.2, 0.25) is 5.02 Å². The van der Waals surface area contributed by atoms with E-state index in [0.29, 0.717) is 33.1 Å². The third kappa shape index (κ3) is 4.41. The first kappa shape index (κ1) is 23.8. The molecule has 182 valence electrons. The van der Waals surface area contributed by atoms with E-state index >= 15 is 0 Å². The molecular formula is C27H21ClN2O5S.